The Morgan fingerprint density at radius 2 is 1.18 bits per heavy atom. The molecule has 0 saturated carbocycles. The lowest BCUT2D eigenvalue weighted by molar-refractivity contribution is -0.142. The van der Waals surface area contributed by atoms with Crippen molar-refractivity contribution in [2.45, 2.75) is 149 Å². The van der Waals surface area contributed by atoms with E-state index in [4.69, 9.17) is 4.74 Å². The van der Waals surface area contributed by atoms with Gasteiger partial charge in [-0.2, -0.15) is 0 Å². The molecule has 0 aliphatic rings. The summed E-state index contributed by atoms with van der Waals surface area (Å²) >= 11 is 0. The third-order valence-corrected chi connectivity index (χ3v) is 6.81. The summed E-state index contributed by atoms with van der Waals surface area (Å²) in [6.07, 6.45) is 31.0. The lowest BCUT2D eigenvalue weighted by Crippen LogP contribution is -2.21. The minimum absolute atomic E-state index is 0.0337. The highest BCUT2D eigenvalue weighted by Crippen LogP contribution is 2.20. The number of hydrogen-bond donors (Lipinski definition) is 0. The molecule has 202 valence electrons. The number of rotatable bonds is 26. The van der Waals surface area contributed by atoms with Crippen LogP contribution in [0.15, 0.2) is 12.2 Å². The maximum absolute atomic E-state index is 11.9. The Morgan fingerprint density at radius 1 is 0.676 bits per heavy atom. The Balaban J connectivity index is 3.65. The van der Waals surface area contributed by atoms with Crippen LogP contribution >= 0.6 is 0 Å². The molecule has 0 N–H and O–H groups in total. The van der Waals surface area contributed by atoms with Gasteiger partial charge in [-0.05, 0) is 52.1 Å². The molecule has 0 aromatic carbocycles. The monoisotopic (exact) mass is 479 g/mol. The molecular formula is C31H61NO2. The second-order valence-electron chi connectivity index (χ2n) is 10.7. The molecule has 0 aromatic heterocycles. The summed E-state index contributed by atoms with van der Waals surface area (Å²) in [4.78, 5) is 14.3. The highest BCUT2D eigenvalue weighted by molar-refractivity contribution is 5.69. The molecule has 0 saturated heterocycles. The number of nitrogens with zero attached hydrogens (tertiary/aromatic N) is 1. The average Bonchev–Trinajstić information content (AvgIpc) is 2.81. The Hall–Kier alpha value is -0.830. The Labute approximate surface area is 214 Å². The number of hydrogen-bond acceptors (Lipinski definition) is 3. The third kappa shape index (κ3) is 25.8. The van der Waals surface area contributed by atoms with Crippen molar-refractivity contribution in [1.29, 1.82) is 0 Å². The van der Waals surface area contributed by atoms with Gasteiger partial charge < -0.3 is 9.64 Å². The third-order valence-electron chi connectivity index (χ3n) is 6.81. The predicted molar refractivity (Wildman–Crippen MR) is 150 cm³/mol. The lowest BCUT2D eigenvalue weighted by atomic mass is 9.93. The van der Waals surface area contributed by atoms with Gasteiger partial charge in [0, 0.05) is 13.0 Å². The Morgan fingerprint density at radius 3 is 1.74 bits per heavy atom. The van der Waals surface area contributed by atoms with Crippen LogP contribution < -0.4 is 0 Å². The van der Waals surface area contributed by atoms with E-state index in [-0.39, 0.29) is 5.97 Å². The summed E-state index contributed by atoms with van der Waals surface area (Å²) in [5.74, 6) is 0.798. The van der Waals surface area contributed by atoms with Crippen LogP contribution in [-0.4, -0.2) is 38.1 Å². The van der Waals surface area contributed by atoms with Gasteiger partial charge in [-0.1, -0.05) is 122 Å². The van der Waals surface area contributed by atoms with E-state index >= 15 is 0 Å². The van der Waals surface area contributed by atoms with Crippen LogP contribution in [0.4, 0.5) is 0 Å². The molecule has 3 nitrogen and oxygen atoms in total. The van der Waals surface area contributed by atoms with Crippen LogP contribution in [0.1, 0.15) is 149 Å². The van der Waals surface area contributed by atoms with Crippen LogP contribution in [0.3, 0.4) is 0 Å². The van der Waals surface area contributed by atoms with Gasteiger partial charge >= 0.3 is 5.97 Å². The number of carbonyl (C=O) groups is 1. The second kappa shape index (κ2) is 26.8. The van der Waals surface area contributed by atoms with Crippen molar-refractivity contribution in [1.82, 2.24) is 4.90 Å². The summed E-state index contributed by atoms with van der Waals surface area (Å²) in [6, 6.07) is 0. The maximum atomic E-state index is 11.9. The van der Waals surface area contributed by atoms with Gasteiger partial charge in [0.1, 0.15) is 6.61 Å². The molecule has 0 aromatic rings. The molecule has 0 fully saturated rings. The van der Waals surface area contributed by atoms with Gasteiger partial charge in [-0.3, -0.25) is 4.79 Å². The minimum atomic E-state index is -0.0337. The smallest absolute Gasteiger partial charge is 0.306 e. The predicted octanol–water partition coefficient (Wildman–Crippen LogP) is 9.50. The van der Waals surface area contributed by atoms with Gasteiger partial charge in [0.2, 0.25) is 0 Å². The first-order valence-corrected chi connectivity index (χ1v) is 15.0. The molecule has 1 atom stereocenters. The molecule has 0 spiro atoms. The fourth-order valence-electron chi connectivity index (χ4n) is 4.73. The fraction of sp³-hybridized carbons (Fsp3) is 0.903. The first-order valence-electron chi connectivity index (χ1n) is 15.0. The summed E-state index contributed by atoms with van der Waals surface area (Å²) in [5, 5.41) is 0. The molecule has 0 bridgehead atoms. The fourth-order valence-corrected chi connectivity index (χ4v) is 4.73. The topological polar surface area (TPSA) is 29.5 Å². The van der Waals surface area contributed by atoms with Crippen molar-refractivity contribution in [2.24, 2.45) is 5.92 Å². The van der Waals surface area contributed by atoms with Gasteiger partial charge in [0.15, 0.2) is 0 Å². The molecule has 0 aliphatic carbocycles. The van der Waals surface area contributed by atoms with E-state index in [0.29, 0.717) is 13.0 Å². The Bertz CT molecular complexity index is 447. The molecule has 0 radical (unpaired) electrons. The standard InChI is InChI=1S/C31H61NO2/c1-5-7-9-11-13-14-16-20-24-28-34-31(33)27-23-19-18-22-26-30(29-32(3)4)25-21-17-15-12-10-8-6-2/h20,24,30H,5-19,21-23,25-29H2,1-4H3/b24-20-. The number of ether oxygens (including phenoxy) is 1. The van der Waals surface area contributed by atoms with Crippen LogP contribution in [0.2, 0.25) is 0 Å². The van der Waals surface area contributed by atoms with Crippen molar-refractivity contribution in [3.63, 3.8) is 0 Å². The molecule has 1 unspecified atom stereocenters. The first-order chi connectivity index (χ1) is 16.6. The largest absolute Gasteiger partial charge is 0.461 e. The van der Waals surface area contributed by atoms with E-state index in [1.807, 2.05) is 6.08 Å². The van der Waals surface area contributed by atoms with E-state index < -0.39 is 0 Å². The van der Waals surface area contributed by atoms with Crippen molar-refractivity contribution < 1.29 is 9.53 Å². The molecule has 34 heavy (non-hydrogen) atoms. The molecule has 0 aliphatic heterocycles. The SMILES string of the molecule is CCCCCCCC/C=C\COC(=O)CCCCCCC(CCCCCCCCC)CN(C)C. The molecule has 0 heterocycles. The maximum Gasteiger partial charge on any atom is 0.306 e. The molecule has 0 amide bonds. The lowest BCUT2D eigenvalue weighted by Gasteiger charge is -2.21. The molecular weight excluding hydrogens is 418 g/mol. The van der Waals surface area contributed by atoms with Crippen molar-refractivity contribution in [3.05, 3.63) is 12.2 Å². The number of esters is 1. The zero-order valence-electron chi connectivity index (χ0n) is 23.8. The van der Waals surface area contributed by atoms with Crippen molar-refractivity contribution in [3.8, 4) is 0 Å². The van der Waals surface area contributed by atoms with Gasteiger partial charge in [-0.15, -0.1) is 0 Å². The minimum Gasteiger partial charge on any atom is -0.461 e. The first kappa shape index (κ1) is 33.2. The average molecular weight is 480 g/mol. The van der Waals surface area contributed by atoms with Crippen LogP contribution in [-0.2, 0) is 9.53 Å². The van der Waals surface area contributed by atoms with E-state index in [2.05, 4.69) is 38.9 Å². The summed E-state index contributed by atoms with van der Waals surface area (Å²) in [5.41, 5.74) is 0. The van der Waals surface area contributed by atoms with Gasteiger partial charge in [0.25, 0.3) is 0 Å². The van der Waals surface area contributed by atoms with Crippen LogP contribution in [0, 0.1) is 5.92 Å². The van der Waals surface area contributed by atoms with Gasteiger partial charge in [-0.25, -0.2) is 0 Å². The van der Waals surface area contributed by atoms with Gasteiger partial charge in [0.05, 0.1) is 0 Å². The highest BCUT2D eigenvalue weighted by atomic mass is 16.5. The summed E-state index contributed by atoms with van der Waals surface area (Å²) in [6.45, 7) is 6.20. The van der Waals surface area contributed by atoms with E-state index in [1.165, 1.54) is 116 Å². The van der Waals surface area contributed by atoms with Crippen LogP contribution in [0.5, 0.6) is 0 Å². The highest BCUT2D eigenvalue weighted by Gasteiger charge is 2.10. The zero-order chi connectivity index (χ0) is 25.1. The number of unbranched alkanes of at least 4 members (excludes halogenated alkanes) is 15. The van der Waals surface area contributed by atoms with E-state index in [9.17, 15) is 4.79 Å². The zero-order valence-corrected chi connectivity index (χ0v) is 23.8. The number of allylic oxidation sites excluding steroid dienone is 1. The van der Waals surface area contributed by atoms with Crippen molar-refractivity contribution in [2.75, 3.05) is 27.2 Å². The van der Waals surface area contributed by atoms with E-state index in [1.54, 1.807) is 0 Å². The van der Waals surface area contributed by atoms with Crippen molar-refractivity contribution >= 4 is 5.97 Å². The van der Waals surface area contributed by atoms with E-state index in [0.717, 1.165) is 25.2 Å². The second-order valence-corrected chi connectivity index (χ2v) is 10.7. The quantitative estimate of drug-likeness (QED) is 0.0702. The molecule has 3 heteroatoms. The van der Waals surface area contributed by atoms with Crippen LogP contribution in [0.25, 0.3) is 0 Å². The normalized spacial score (nSPS) is 12.6. The molecule has 0 rings (SSSR count). The Kier molecular flexibility index (Phi) is 26.1. The summed E-state index contributed by atoms with van der Waals surface area (Å²) in [7, 11) is 4.40. The number of carbonyl (C=O) groups excluding carboxylic acids is 1. The summed E-state index contributed by atoms with van der Waals surface area (Å²) < 4.78 is 5.34.